The van der Waals surface area contributed by atoms with Crippen LogP contribution in [0.4, 0.5) is 0 Å². The molecule has 0 aliphatic carbocycles. The van der Waals surface area contributed by atoms with Crippen molar-refractivity contribution in [2.45, 2.75) is 57.7 Å². The summed E-state index contributed by atoms with van der Waals surface area (Å²) in [5.41, 5.74) is 16.0. The first-order chi connectivity index (χ1) is 13.0. The van der Waals surface area contributed by atoms with E-state index in [9.17, 15) is 24.3 Å². The highest BCUT2D eigenvalue weighted by Crippen LogP contribution is 2.06. The summed E-state index contributed by atoms with van der Waals surface area (Å²) >= 11 is 0. The fraction of sp³-hybridized carbons (Fsp3) is 0.688. The van der Waals surface area contributed by atoms with Gasteiger partial charge >= 0.3 is 11.9 Å². The summed E-state index contributed by atoms with van der Waals surface area (Å²) in [5.74, 6) is -4.15. The minimum atomic E-state index is -1.23. The monoisotopic (exact) mass is 402 g/mol. The van der Waals surface area contributed by atoms with E-state index in [0.29, 0.717) is 6.42 Å². The number of rotatable bonds is 13. The van der Waals surface area contributed by atoms with E-state index in [4.69, 9.17) is 22.3 Å². The number of nitrogens with zero attached hydrogens (tertiary/aromatic N) is 1. The molecule has 0 radical (unpaired) electrons. The summed E-state index contributed by atoms with van der Waals surface area (Å²) in [6, 6.07) is -3.30. The van der Waals surface area contributed by atoms with Crippen LogP contribution in [0.3, 0.4) is 0 Å². The highest BCUT2D eigenvalue weighted by molar-refractivity contribution is 5.92. The van der Waals surface area contributed by atoms with Gasteiger partial charge in [0.05, 0.1) is 6.04 Å². The molecule has 0 spiro atoms. The zero-order valence-corrected chi connectivity index (χ0v) is 16.1. The second kappa shape index (κ2) is 12.5. The number of carboxylic acid groups (broad SMARTS) is 2. The van der Waals surface area contributed by atoms with Gasteiger partial charge in [-0.2, -0.15) is 0 Å². The second-order valence-electron chi connectivity index (χ2n) is 6.62. The Kier molecular flexibility index (Phi) is 11.2. The number of nitrogens with two attached hydrogens (primary N) is 3. The Morgan fingerprint density at radius 2 is 1.61 bits per heavy atom. The molecule has 3 atom stereocenters. The van der Waals surface area contributed by atoms with Crippen molar-refractivity contribution in [3.8, 4) is 0 Å². The molecule has 0 saturated heterocycles. The van der Waals surface area contributed by atoms with Crippen molar-refractivity contribution in [3.05, 3.63) is 0 Å². The lowest BCUT2D eigenvalue weighted by molar-refractivity contribution is -0.142. The van der Waals surface area contributed by atoms with Crippen molar-refractivity contribution in [1.29, 1.82) is 0 Å². The van der Waals surface area contributed by atoms with Crippen LogP contribution in [-0.2, 0) is 19.2 Å². The molecule has 0 rings (SSSR count). The summed E-state index contributed by atoms with van der Waals surface area (Å²) in [5, 5.41) is 22.8. The Labute approximate surface area is 162 Å². The van der Waals surface area contributed by atoms with Crippen LogP contribution in [0.1, 0.15) is 39.5 Å². The summed E-state index contributed by atoms with van der Waals surface area (Å²) in [6.45, 7) is 3.55. The number of carboxylic acids is 2. The van der Waals surface area contributed by atoms with Crippen LogP contribution in [0.15, 0.2) is 4.99 Å². The first kappa shape index (κ1) is 25.1. The van der Waals surface area contributed by atoms with Gasteiger partial charge in [-0.1, -0.05) is 13.8 Å². The highest BCUT2D eigenvalue weighted by atomic mass is 16.4. The first-order valence-corrected chi connectivity index (χ1v) is 8.82. The highest BCUT2D eigenvalue weighted by Gasteiger charge is 2.29. The molecule has 2 amide bonds. The fourth-order valence-electron chi connectivity index (χ4n) is 2.23. The zero-order valence-electron chi connectivity index (χ0n) is 16.1. The van der Waals surface area contributed by atoms with Gasteiger partial charge in [-0.05, 0) is 25.2 Å². The molecule has 12 nitrogen and oxygen atoms in total. The van der Waals surface area contributed by atoms with Crippen LogP contribution in [0.25, 0.3) is 0 Å². The molecular weight excluding hydrogens is 372 g/mol. The first-order valence-electron chi connectivity index (χ1n) is 8.82. The molecule has 28 heavy (non-hydrogen) atoms. The Hall–Kier alpha value is -2.89. The maximum Gasteiger partial charge on any atom is 0.326 e. The second-order valence-corrected chi connectivity index (χ2v) is 6.62. The van der Waals surface area contributed by atoms with Crippen LogP contribution >= 0.6 is 0 Å². The number of aliphatic imine (C=N–C) groups is 1. The predicted octanol–water partition coefficient (Wildman–Crippen LogP) is -2.06. The summed E-state index contributed by atoms with van der Waals surface area (Å²) in [7, 11) is 0. The Bertz CT molecular complexity index is 590. The average Bonchev–Trinajstić information content (AvgIpc) is 2.58. The van der Waals surface area contributed by atoms with E-state index < -0.39 is 41.9 Å². The van der Waals surface area contributed by atoms with Crippen molar-refractivity contribution in [2.75, 3.05) is 6.54 Å². The van der Waals surface area contributed by atoms with E-state index in [1.165, 1.54) is 0 Å². The van der Waals surface area contributed by atoms with Crippen molar-refractivity contribution < 1.29 is 29.4 Å². The van der Waals surface area contributed by atoms with Gasteiger partial charge < -0.3 is 38.0 Å². The van der Waals surface area contributed by atoms with E-state index in [-0.39, 0.29) is 37.7 Å². The number of hydrogen-bond acceptors (Lipinski definition) is 6. The molecule has 0 unspecified atom stereocenters. The fourth-order valence-corrected chi connectivity index (χ4v) is 2.23. The molecule has 0 bridgehead atoms. The Balaban J connectivity index is 4.88. The molecule has 10 N–H and O–H groups in total. The number of carbonyl (C=O) groups is 4. The van der Waals surface area contributed by atoms with Crippen molar-refractivity contribution in [3.63, 3.8) is 0 Å². The van der Waals surface area contributed by atoms with Crippen LogP contribution in [-0.4, -0.2) is 64.6 Å². The van der Waals surface area contributed by atoms with Crippen molar-refractivity contribution in [1.82, 2.24) is 10.6 Å². The van der Waals surface area contributed by atoms with E-state index >= 15 is 0 Å². The minimum absolute atomic E-state index is 0.0872. The lowest BCUT2D eigenvalue weighted by Crippen LogP contribution is -2.56. The van der Waals surface area contributed by atoms with Gasteiger partial charge in [0.2, 0.25) is 11.8 Å². The molecule has 0 aromatic carbocycles. The van der Waals surface area contributed by atoms with Gasteiger partial charge in [0, 0.05) is 13.0 Å². The van der Waals surface area contributed by atoms with Crippen molar-refractivity contribution in [2.24, 2.45) is 28.1 Å². The SMILES string of the molecule is CC(C)[C@H](NC(=O)[C@@H](N)CCC(=O)O)C(=O)N[C@@H](CCCN=C(N)N)C(=O)O. The van der Waals surface area contributed by atoms with Gasteiger partial charge in [-0.3, -0.25) is 19.4 Å². The molecule has 160 valence electrons. The standard InChI is InChI=1S/C16H30N6O6/c1-8(2)12(22-13(25)9(17)5-6-11(23)24)14(26)21-10(15(27)28)4-3-7-20-16(18)19/h8-10,12H,3-7,17H2,1-2H3,(H,21,26)(H,22,25)(H,23,24)(H,27,28)(H4,18,19,20)/t9-,10-,12-/m0/s1. The summed E-state index contributed by atoms with van der Waals surface area (Å²) in [6.07, 6.45) is 0.0445. The van der Waals surface area contributed by atoms with Crippen LogP contribution in [0.5, 0.6) is 0 Å². The number of amides is 2. The maximum absolute atomic E-state index is 12.5. The number of hydrogen-bond donors (Lipinski definition) is 7. The number of nitrogens with one attached hydrogen (secondary N) is 2. The molecule has 0 aromatic rings. The minimum Gasteiger partial charge on any atom is -0.481 e. The molecule has 0 aromatic heterocycles. The quantitative estimate of drug-likeness (QED) is 0.102. The van der Waals surface area contributed by atoms with Gasteiger partial charge in [0.15, 0.2) is 5.96 Å². The van der Waals surface area contributed by atoms with Gasteiger partial charge in [0.1, 0.15) is 12.1 Å². The molecular formula is C16H30N6O6. The molecule has 0 heterocycles. The molecule has 0 aliphatic rings. The largest absolute Gasteiger partial charge is 0.481 e. The molecule has 0 fully saturated rings. The van der Waals surface area contributed by atoms with Crippen LogP contribution in [0.2, 0.25) is 0 Å². The lowest BCUT2D eigenvalue weighted by Gasteiger charge is -2.25. The Morgan fingerprint density at radius 3 is 2.07 bits per heavy atom. The number of guanidine groups is 1. The maximum atomic E-state index is 12.5. The van der Waals surface area contributed by atoms with Crippen LogP contribution in [0, 0.1) is 5.92 Å². The van der Waals surface area contributed by atoms with Gasteiger partial charge in [-0.25, -0.2) is 4.79 Å². The lowest BCUT2D eigenvalue weighted by atomic mass is 10.0. The third-order valence-electron chi connectivity index (χ3n) is 3.81. The topological polar surface area (TPSA) is 223 Å². The Morgan fingerprint density at radius 1 is 1.00 bits per heavy atom. The average molecular weight is 402 g/mol. The van der Waals surface area contributed by atoms with E-state index in [1.807, 2.05) is 0 Å². The third kappa shape index (κ3) is 10.3. The normalized spacial score (nSPS) is 13.9. The van der Waals surface area contributed by atoms with Gasteiger partial charge in [-0.15, -0.1) is 0 Å². The van der Waals surface area contributed by atoms with E-state index in [2.05, 4.69) is 15.6 Å². The predicted molar refractivity (Wildman–Crippen MR) is 101 cm³/mol. The summed E-state index contributed by atoms with van der Waals surface area (Å²) in [4.78, 5) is 50.3. The smallest absolute Gasteiger partial charge is 0.326 e. The third-order valence-corrected chi connectivity index (χ3v) is 3.81. The molecule has 12 heteroatoms. The van der Waals surface area contributed by atoms with Crippen molar-refractivity contribution >= 4 is 29.7 Å². The summed E-state index contributed by atoms with van der Waals surface area (Å²) < 4.78 is 0. The molecule has 0 aliphatic heterocycles. The van der Waals surface area contributed by atoms with E-state index in [1.54, 1.807) is 13.8 Å². The number of carbonyl (C=O) groups excluding carboxylic acids is 2. The molecule has 0 saturated carbocycles. The van der Waals surface area contributed by atoms with E-state index in [0.717, 1.165) is 0 Å². The van der Waals surface area contributed by atoms with Gasteiger partial charge in [0.25, 0.3) is 0 Å². The van der Waals surface area contributed by atoms with Crippen LogP contribution < -0.4 is 27.8 Å². The zero-order chi connectivity index (χ0) is 21.9. The number of aliphatic carboxylic acids is 2.